The fourth-order valence-corrected chi connectivity index (χ4v) is 3.46. The minimum Gasteiger partial charge on any atom is -0.445 e. The molecule has 3 aromatic rings. The lowest BCUT2D eigenvalue weighted by Crippen LogP contribution is -2.50. The van der Waals surface area contributed by atoms with Crippen LogP contribution < -0.4 is 10.6 Å². The molecule has 0 bridgehead atoms. The van der Waals surface area contributed by atoms with Crippen molar-refractivity contribution in [2.45, 2.75) is 39.5 Å². The molecule has 28 heavy (non-hydrogen) atoms. The second-order valence-electron chi connectivity index (χ2n) is 6.61. The highest BCUT2D eigenvalue weighted by Gasteiger charge is 2.26. The molecule has 2 aromatic heterocycles. The van der Waals surface area contributed by atoms with Gasteiger partial charge >= 0.3 is 6.09 Å². The minimum atomic E-state index is -0.669. The molecule has 2 atom stereocenters. The highest BCUT2D eigenvalue weighted by Crippen LogP contribution is 2.12. The normalized spacial score (nSPS) is 13.1. The van der Waals surface area contributed by atoms with Gasteiger partial charge < -0.3 is 15.4 Å². The molecule has 1 aromatic carbocycles. The average Bonchev–Trinajstić information content (AvgIpc) is 3.30. The van der Waals surface area contributed by atoms with E-state index in [1.807, 2.05) is 66.4 Å². The zero-order valence-electron chi connectivity index (χ0n) is 15.9. The number of alkyl carbamates (subject to hydrolysis) is 1. The van der Waals surface area contributed by atoms with Crippen molar-refractivity contribution in [3.63, 3.8) is 0 Å². The Bertz CT molecular complexity index is 893. The highest BCUT2D eigenvalue weighted by atomic mass is 32.1. The Morgan fingerprint density at radius 2 is 2.07 bits per heavy atom. The number of carbonyl (C=O) groups is 2. The molecule has 148 valence electrons. The molecule has 2 amide bonds. The van der Waals surface area contributed by atoms with Crippen LogP contribution in [0.25, 0.3) is 4.96 Å². The second kappa shape index (κ2) is 9.36. The molecular weight excluding hydrogens is 376 g/mol. The van der Waals surface area contributed by atoms with Gasteiger partial charge in [-0.3, -0.25) is 9.20 Å². The summed E-state index contributed by atoms with van der Waals surface area (Å²) in [7, 11) is 0. The zero-order chi connectivity index (χ0) is 19.9. The van der Waals surface area contributed by atoms with Crippen molar-refractivity contribution in [1.29, 1.82) is 0 Å². The molecule has 3 rings (SSSR count). The van der Waals surface area contributed by atoms with Gasteiger partial charge in [-0.25, -0.2) is 9.78 Å². The van der Waals surface area contributed by atoms with Gasteiger partial charge in [0.15, 0.2) is 4.96 Å². The van der Waals surface area contributed by atoms with Crippen LogP contribution in [0.5, 0.6) is 0 Å². The Kier molecular flexibility index (Phi) is 6.65. The Labute approximate surface area is 167 Å². The monoisotopic (exact) mass is 400 g/mol. The van der Waals surface area contributed by atoms with E-state index in [0.29, 0.717) is 6.54 Å². The Hall–Kier alpha value is -2.87. The number of amides is 2. The van der Waals surface area contributed by atoms with Crippen LogP contribution in [0.3, 0.4) is 0 Å². The Balaban J connectivity index is 1.54. The van der Waals surface area contributed by atoms with E-state index >= 15 is 0 Å². The number of hydrogen-bond acceptors (Lipinski definition) is 5. The van der Waals surface area contributed by atoms with Gasteiger partial charge in [0.1, 0.15) is 12.6 Å². The number of nitrogens with one attached hydrogen (secondary N) is 2. The molecule has 2 heterocycles. The van der Waals surface area contributed by atoms with Gasteiger partial charge in [0, 0.05) is 17.8 Å². The van der Waals surface area contributed by atoms with Crippen LogP contribution in [0.15, 0.2) is 48.1 Å². The quantitative estimate of drug-likeness (QED) is 0.607. The molecule has 0 unspecified atom stereocenters. The smallest absolute Gasteiger partial charge is 0.408 e. The van der Waals surface area contributed by atoms with Gasteiger partial charge in [0.2, 0.25) is 5.91 Å². The van der Waals surface area contributed by atoms with Crippen molar-refractivity contribution < 1.29 is 14.3 Å². The second-order valence-corrected chi connectivity index (χ2v) is 7.49. The molecule has 0 radical (unpaired) electrons. The van der Waals surface area contributed by atoms with Crippen molar-refractivity contribution in [2.75, 3.05) is 0 Å². The molecule has 8 heteroatoms. The maximum atomic E-state index is 12.7. The average molecular weight is 401 g/mol. The third kappa shape index (κ3) is 5.10. The minimum absolute atomic E-state index is 0.0326. The Morgan fingerprint density at radius 1 is 1.29 bits per heavy atom. The summed E-state index contributed by atoms with van der Waals surface area (Å²) < 4.78 is 7.17. The number of hydrogen-bond donors (Lipinski definition) is 2. The first kappa shape index (κ1) is 19.9. The first-order chi connectivity index (χ1) is 13.6. The van der Waals surface area contributed by atoms with Crippen LogP contribution in [0.4, 0.5) is 4.79 Å². The van der Waals surface area contributed by atoms with Gasteiger partial charge in [-0.05, 0) is 11.5 Å². The number of aromatic nitrogens is 2. The van der Waals surface area contributed by atoms with Crippen molar-refractivity contribution in [3.05, 3.63) is 59.4 Å². The molecule has 0 saturated heterocycles. The van der Waals surface area contributed by atoms with Crippen molar-refractivity contribution in [3.8, 4) is 0 Å². The van der Waals surface area contributed by atoms with Crippen molar-refractivity contribution >= 4 is 28.3 Å². The summed E-state index contributed by atoms with van der Waals surface area (Å²) in [6, 6.07) is 8.75. The third-order valence-electron chi connectivity index (χ3n) is 4.57. The predicted molar refractivity (Wildman–Crippen MR) is 108 cm³/mol. The maximum absolute atomic E-state index is 12.7. The first-order valence-electron chi connectivity index (χ1n) is 9.22. The molecule has 0 aliphatic carbocycles. The summed E-state index contributed by atoms with van der Waals surface area (Å²) in [4.78, 5) is 30.2. The van der Waals surface area contributed by atoms with Crippen molar-refractivity contribution in [2.24, 2.45) is 5.92 Å². The van der Waals surface area contributed by atoms with Crippen LogP contribution in [-0.2, 0) is 22.7 Å². The number of ether oxygens (including phenoxy) is 1. The lowest BCUT2D eigenvalue weighted by atomic mass is 9.98. The van der Waals surface area contributed by atoms with E-state index in [1.165, 1.54) is 11.3 Å². The topological polar surface area (TPSA) is 84.7 Å². The molecule has 0 saturated carbocycles. The fraction of sp³-hybridized carbons (Fsp3) is 0.350. The number of fused-ring (bicyclic) bond motifs is 1. The van der Waals surface area contributed by atoms with Gasteiger partial charge in [-0.2, -0.15) is 0 Å². The number of imidazole rings is 1. The Morgan fingerprint density at radius 3 is 2.79 bits per heavy atom. The van der Waals surface area contributed by atoms with Gasteiger partial charge in [0.25, 0.3) is 0 Å². The van der Waals surface area contributed by atoms with E-state index in [-0.39, 0.29) is 18.4 Å². The van der Waals surface area contributed by atoms with E-state index < -0.39 is 12.1 Å². The SMILES string of the molecule is CC[C@H](C)[C@H](NC(=O)OCc1ccccc1)C(=O)NCc1cn2ccsc2n1. The third-order valence-corrected chi connectivity index (χ3v) is 5.34. The van der Waals surface area contributed by atoms with E-state index in [4.69, 9.17) is 4.74 Å². The lowest BCUT2D eigenvalue weighted by molar-refractivity contribution is -0.124. The molecule has 7 nitrogen and oxygen atoms in total. The van der Waals surface area contributed by atoms with Crippen LogP contribution in [0.1, 0.15) is 31.5 Å². The lowest BCUT2D eigenvalue weighted by Gasteiger charge is -2.23. The molecule has 2 N–H and O–H groups in total. The fourth-order valence-electron chi connectivity index (χ4n) is 2.74. The van der Waals surface area contributed by atoms with Crippen LogP contribution in [0.2, 0.25) is 0 Å². The van der Waals surface area contributed by atoms with Crippen LogP contribution >= 0.6 is 11.3 Å². The highest BCUT2D eigenvalue weighted by molar-refractivity contribution is 7.15. The summed E-state index contributed by atoms with van der Waals surface area (Å²) in [6.45, 7) is 4.37. The molecule has 0 aliphatic rings. The van der Waals surface area contributed by atoms with Crippen molar-refractivity contribution in [1.82, 2.24) is 20.0 Å². The molecule has 0 aliphatic heterocycles. The van der Waals surface area contributed by atoms with Crippen LogP contribution in [-0.4, -0.2) is 27.4 Å². The van der Waals surface area contributed by atoms with Crippen LogP contribution in [0, 0.1) is 5.92 Å². The largest absolute Gasteiger partial charge is 0.445 e. The summed E-state index contributed by atoms with van der Waals surface area (Å²) in [5, 5.41) is 7.52. The zero-order valence-corrected chi connectivity index (χ0v) is 16.7. The summed E-state index contributed by atoms with van der Waals surface area (Å²) in [5.41, 5.74) is 1.66. The molecule has 0 fully saturated rings. The number of nitrogens with zero attached hydrogens (tertiary/aromatic N) is 2. The van der Waals surface area contributed by atoms with Gasteiger partial charge in [0.05, 0.1) is 12.2 Å². The number of rotatable bonds is 8. The number of carbonyl (C=O) groups excluding carboxylic acids is 2. The van der Waals surface area contributed by atoms with E-state index in [2.05, 4.69) is 15.6 Å². The van der Waals surface area contributed by atoms with E-state index in [9.17, 15) is 9.59 Å². The maximum Gasteiger partial charge on any atom is 0.408 e. The number of benzene rings is 1. The van der Waals surface area contributed by atoms with Gasteiger partial charge in [-0.1, -0.05) is 50.6 Å². The first-order valence-corrected chi connectivity index (χ1v) is 10.1. The summed E-state index contributed by atoms with van der Waals surface area (Å²) in [6.07, 6.45) is 3.94. The predicted octanol–water partition coefficient (Wildman–Crippen LogP) is 3.35. The van der Waals surface area contributed by atoms with Gasteiger partial charge in [-0.15, -0.1) is 11.3 Å². The number of thiazole rings is 1. The summed E-state index contributed by atoms with van der Waals surface area (Å²) >= 11 is 1.53. The molecule has 0 spiro atoms. The standard InChI is InChI=1S/C20H24N4O3S/c1-3-14(2)17(23-20(26)27-13-15-7-5-4-6-8-15)18(25)21-11-16-12-24-9-10-28-19(24)22-16/h4-10,12,14,17H,3,11,13H2,1-2H3,(H,21,25)(H,23,26)/t14-,17-/m0/s1. The molecular formula is C20H24N4O3S. The summed E-state index contributed by atoms with van der Waals surface area (Å²) in [5.74, 6) is -0.280. The van der Waals surface area contributed by atoms with E-state index in [1.54, 1.807) is 0 Å². The van der Waals surface area contributed by atoms with E-state index in [0.717, 1.165) is 22.6 Å².